The Kier molecular flexibility index (Phi) is 4.26. The van der Waals surface area contributed by atoms with Crippen molar-refractivity contribution >= 4 is 44.7 Å². The van der Waals surface area contributed by atoms with Gasteiger partial charge >= 0.3 is 0 Å². The summed E-state index contributed by atoms with van der Waals surface area (Å²) in [6.45, 7) is 0.506. The summed E-state index contributed by atoms with van der Waals surface area (Å²) in [6.07, 6.45) is 2.71. The first-order chi connectivity index (χ1) is 12.6. The molecule has 0 unspecified atom stereocenters. The minimum absolute atomic E-state index is 0.0512. The molecular weight excluding hydrogens is 352 g/mol. The third-order valence-electron chi connectivity index (χ3n) is 4.29. The summed E-state index contributed by atoms with van der Waals surface area (Å²) in [5.74, 6) is -0.292. The average molecular weight is 368 g/mol. The number of hydrogen-bond acceptors (Lipinski definition) is 5. The molecule has 0 saturated carbocycles. The van der Waals surface area contributed by atoms with Crippen LogP contribution in [0.15, 0.2) is 46.8 Å². The Morgan fingerprint density at radius 2 is 2.08 bits per heavy atom. The SMILES string of the molecule is O=C(Cn1cnc2ccsc2c1=O)Nc1ccccc1N1CCCC1=O. The summed E-state index contributed by atoms with van der Waals surface area (Å²) in [6, 6.07) is 8.96. The van der Waals surface area contributed by atoms with E-state index in [2.05, 4.69) is 10.3 Å². The van der Waals surface area contributed by atoms with E-state index in [1.165, 1.54) is 22.2 Å². The van der Waals surface area contributed by atoms with Crippen LogP contribution in [0.1, 0.15) is 12.8 Å². The van der Waals surface area contributed by atoms with E-state index in [-0.39, 0.29) is 23.9 Å². The zero-order valence-corrected chi connectivity index (χ0v) is 14.7. The number of benzene rings is 1. The molecule has 3 aromatic rings. The third kappa shape index (κ3) is 2.99. The van der Waals surface area contributed by atoms with E-state index in [0.717, 1.165) is 6.42 Å². The number of fused-ring (bicyclic) bond motifs is 1. The Labute approximate surface area is 152 Å². The fourth-order valence-electron chi connectivity index (χ4n) is 3.05. The highest BCUT2D eigenvalue weighted by Crippen LogP contribution is 2.29. The summed E-state index contributed by atoms with van der Waals surface area (Å²) in [4.78, 5) is 42.7. The number of hydrogen-bond donors (Lipinski definition) is 1. The van der Waals surface area contributed by atoms with Crippen LogP contribution < -0.4 is 15.8 Å². The van der Waals surface area contributed by atoms with Crippen molar-refractivity contribution in [2.24, 2.45) is 0 Å². The Bertz CT molecular complexity index is 1060. The molecule has 8 heteroatoms. The van der Waals surface area contributed by atoms with Crippen molar-refractivity contribution in [1.82, 2.24) is 9.55 Å². The van der Waals surface area contributed by atoms with Gasteiger partial charge in [0, 0.05) is 13.0 Å². The molecule has 1 saturated heterocycles. The van der Waals surface area contributed by atoms with Crippen molar-refractivity contribution in [3.8, 4) is 0 Å². The van der Waals surface area contributed by atoms with E-state index in [0.29, 0.717) is 34.6 Å². The number of carbonyl (C=O) groups is 2. The first kappa shape index (κ1) is 16.5. The van der Waals surface area contributed by atoms with E-state index in [9.17, 15) is 14.4 Å². The molecule has 0 aliphatic carbocycles. The van der Waals surface area contributed by atoms with Gasteiger partial charge in [-0.2, -0.15) is 0 Å². The summed E-state index contributed by atoms with van der Waals surface area (Å²) >= 11 is 1.31. The number of thiophene rings is 1. The number of anilines is 2. The van der Waals surface area contributed by atoms with Gasteiger partial charge in [-0.15, -0.1) is 11.3 Å². The maximum atomic E-state index is 12.5. The lowest BCUT2D eigenvalue weighted by Gasteiger charge is -2.20. The highest BCUT2D eigenvalue weighted by atomic mass is 32.1. The van der Waals surface area contributed by atoms with Crippen LogP contribution in [0.25, 0.3) is 10.2 Å². The Hall–Kier alpha value is -3.00. The fraction of sp³-hybridized carbons (Fsp3) is 0.222. The molecule has 3 heterocycles. The molecule has 1 aromatic carbocycles. The first-order valence-corrected chi connectivity index (χ1v) is 9.13. The molecule has 0 atom stereocenters. The second-order valence-corrected chi connectivity index (χ2v) is 6.94. The molecular formula is C18H16N4O3S. The third-order valence-corrected chi connectivity index (χ3v) is 5.18. The van der Waals surface area contributed by atoms with Crippen molar-refractivity contribution < 1.29 is 9.59 Å². The molecule has 26 heavy (non-hydrogen) atoms. The average Bonchev–Trinajstić information content (AvgIpc) is 3.27. The maximum absolute atomic E-state index is 12.5. The van der Waals surface area contributed by atoms with Crippen LogP contribution in [0, 0.1) is 0 Å². The van der Waals surface area contributed by atoms with Crippen molar-refractivity contribution in [3.05, 3.63) is 52.4 Å². The minimum atomic E-state index is -0.344. The maximum Gasteiger partial charge on any atom is 0.271 e. The van der Waals surface area contributed by atoms with E-state index in [1.807, 2.05) is 12.1 Å². The van der Waals surface area contributed by atoms with Gasteiger partial charge in [-0.05, 0) is 30.0 Å². The largest absolute Gasteiger partial charge is 0.323 e. The molecule has 1 fully saturated rings. The predicted molar refractivity (Wildman–Crippen MR) is 101 cm³/mol. The van der Waals surface area contributed by atoms with Crippen molar-refractivity contribution in [1.29, 1.82) is 0 Å². The van der Waals surface area contributed by atoms with Gasteiger partial charge in [-0.25, -0.2) is 4.98 Å². The number of nitrogens with zero attached hydrogens (tertiary/aromatic N) is 3. The summed E-state index contributed by atoms with van der Waals surface area (Å²) < 4.78 is 1.82. The zero-order chi connectivity index (χ0) is 18.1. The van der Waals surface area contributed by atoms with Crippen LogP contribution in [0.4, 0.5) is 11.4 Å². The highest BCUT2D eigenvalue weighted by molar-refractivity contribution is 7.17. The summed E-state index contributed by atoms with van der Waals surface area (Å²) in [5.41, 5.74) is 1.64. The number of aromatic nitrogens is 2. The molecule has 1 aliphatic heterocycles. The van der Waals surface area contributed by atoms with E-state index in [1.54, 1.807) is 28.5 Å². The second kappa shape index (κ2) is 6.72. The van der Waals surface area contributed by atoms with Gasteiger partial charge in [-0.3, -0.25) is 19.0 Å². The zero-order valence-electron chi connectivity index (χ0n) is 13.8. The molecule has 1 N–H and O–H groups in total. The Morgan fingerprint density at radius 3 is 2.88 bits per heavy atom. The number of nitrogens with one attached hydrogen (secondary N) is 1. The number of amides is 2. The molecule has 2 amide bonds. The normalized spacial score (nSPS) is 14.2. The molecule has 2 aromatic heterocycles. The van der Waals surface area contributed by atoms with Crippen LogP contribution in [0.2, 0.25) is 0 Å². The molecule has 7 nitrogen and oxygen atoms in total. The highest BCUT2D eigenvalue weighted by Gasteiger charge is 2.24. The topological polar surface area (TPSA) is 84.3 Å². The smallest absolute Gasteiger partial charge is 0.271 e. The van der Waals surface area contributed by atoms with Gasteiger partial charge in [0.05, 0.1) is 23.2 Å². The monoisotopic (exact) mass is 368 g/mol. The molecule has 0 spiro atoms. The van der Waals surface area contributed by atoms with Gasteiger partial charge in [0.25, 0.3) is 5.56 Å². The molecule has 1 aliphatic rings. The van der Waals surface area contributed by atoms with Gasteiger partial charge in [0.1, 0.15) is 11.2 Å². The Balaban J connectivity index is 1.56. The molecule has 4 rings (SSSR count). The molecule has 0 radical (unpaired) electrons. The van der Waals surface area contributed by atoms with E-state index < -0.39 is 0 Å². The minimum Gasteiger partial charge on any atom is -0.323 e. The van der Waals surface area contributed by atoms with Gasteiger partial charge in [0.2, 0.25) is 11.8 Å². The van der Waals surface area contributed by atoms with Crippen LogP contribution in [-0.2, 0) is 16.1 Å². The van der Waals surface area contributed by atoms with Crippen LogP contribution in [0.5, 0.6) is 0 Å². The van der Waals surface area contributed by atoms with Gasteiger partial charge < -0.3 is 10.2 Å². The lowest BCUT2D eigenvalue weighted by Crippen LogP contribution is -2.29. The van der Waals surface area contributed by atoms with Crippen molar-refractivity contribution in [2.45, 2.75) is 19.4 Å². The molecule has 132 valence electrons. The molecule has 0 bridgehead atoms. The quantitative estimate of drug-likeness (QED) is 0.765. The predicted octanol–water partition coefficient (Wildman–Crippen LogP) is 2.22. The summed E-state index contributed by atoms with van der Waals surface area (Å²) in [7, 11) is 0. The Morgan fingerprint density at radius 1 is 1.23 bits per heavy atom. The first-order valence-electron chi connectivity index (χ1n) is 8.25. The van der Waals surface area contributed by atoms with Gasteiger partial charge in [-0.1, -0.05) is 12.1 Å². The summed E-state index contributed by atoms with van der Waals surface area (Å²) in [5, 5.41) is 4.61. The number of para-hydroxylation sites is 2. The van der Waals surface area contributed by atoms with E-state index >= 15 is 0 Å². The number of carbonyl (C=O) groups excluding carboxylic acids is 2. The van der Waals surface area contributed by atoms with Crippen molar-refractivity contribution in [3.63, 3.8) is 0 Å². The fourth-order valence-corrected chi connectivity index (χ4v) is 3.85. The van der Waals surface area contributed by atoms with Crippen molar-refractivity contribution in [2.75, 3.05) is 16.8 Å². The van der Waals surface area contributed by atoms with Crippen LogP contribution in [-0.4, -0.2) is 27.9 Å². The lowest BCUT2D eigenvalue weighted by atomic mass is 10.2. The number of rotatable bonds is 4. The standard InChI is InChI=1S/C18H16N4O3S/c23-15(10-21-11-19-13-7-9-26-17(13)18(21)25)20-12-4-1-2-5-14(12)22-8-3-6-16(22)24/h1-2,4-5,7,9,11H,3,6,8,10H2,(H,20,23). The lowest BCUT2D eigenvalue weighted by molar-refractivity contribution is -0.117. The van der Waals surface area contributed by atoms with Crippen LogP contribution >= 0.6 is 11.3 Å². The van der Waals surface area contributed by atoms with Crippen LogP contribution in [0.3, 0.4) is 0 Å². The van der Waals surface area contributed by atoms with Gasteiger partial charge in [0.15, 0.2) is 0 Å². The van der Waals surface area contributed by atoms with E-state index in [4.69, 9.17) is 0 Å². The second-order valence-electron chi connectivity index (χ2n) is 6.03.